The summed E-state index contributed by atoms with van der Waals surface area (Å²) in [5.41, 5.74) is 0. The lowest BCUT2D eigenvalue weighted by Crippen LogP contribution is -2.36. The van der Waals surface area contributed by atoms with Gasteiger partial charge in [-0.05, 0) is 31.2 Å². The Balaban J connectivity index is 1.55. The van der Waals surface area contributed by atoms with Gasteiger partial charge < -0.3 is 14.5 Å². The minimum Gasteiger partial charge on any atom is -0.419 e. The van der Waals surface area contributed by atoms with Crippen LogP contribution in [0.4, 0.5) is 0 Å². The van der Waals surface area contributed by atoms with Crippen molar-refractivity contribution in [3.8, 4) is 10.8 Å². The van der Waals surface area contributed by atoms with E-state index in [1.807, 2.05) is 17.5 Å². The van der Waals surface area contributed by atoms with E-state index in [1.54, 1.807) is 11.3 Å². The van der Waals surface area contributed by atoms with Crippen LogP contribution in [0, 0.1) is 0 Å². The summed E-state index contributed by atoms with van der Waals surface area (Å²) in [6, 6.07) is 4.26. The number of nitrogens with one attached hydrogen (secondary N) is 1. The monoisotopic (exact) mass is 279 g/mol. The van der Waals surface area contributed by atoms with Crippen LogP contribution in [0.15, 0.2) is 21.9 Å². The second kappa shape index (κ2) is 5.81. The molecule has 1 fully saturated rings. The van der Waals surface area contributed by atoms with Crippen LogP contribution in [-0.4, -0.2) is 29.0 Å². The molecule has 0 aromatic carbocycles. The van der Waals surface area contributed by atoms with E-state index in [0.29, 0.717) is 30.5 Å². The molecule has 1 aliphatic rings. The van der Waals surface area contributed by atoms with E-state index in [0.717, 1.165) is 24.3 Å². The molecule has 5 nitrogen and oxygen atoms in total. The number of ether oxygens (including phenoxy) is 1. The topological polar surface area (TPSA) is 60.2 Å². The molecule has 0 bridgehead atoms. The highest BCUT2D eigenvalue weighted by Gasteiger charge is 2.22. The molecule has 3 rings (SSSR count). The Bertz CT molecular complexity index is 506. The van der Waals surface area contributed by atoms with Crippen molar-refractivity contribution in [2.24, 2.45) is 0 Å². The fraction of sp³-hybridized carbons (Fsp3) is 0.538. The first-order chi connectivity index (χ1) is 9.33. The molecule has 0 unspecified atom stereocenters. The fourth-order valence-corrected chi connectivity index (χ4v) is 2.85. The average Bonchev–Trinajstić information content (AvgIpc) is 3.14. The van der Waals surface area contributed by atoms with E-state index >= 15 is 0 Å². The Morgan fingerprint density at radius 1 is 1.53 bits per heavy atom. The third-order valence-corrected chi connectivity index (χ3v) is 4.15. The Morgan fingerprint density at radius 2 is 2.47 bits per heavy atom. The molecule has 6 heteroatoms. The van der Waals surface area contributed by atoms with Crippen molar-refractivity contribution in [2.45, 2.75) is 38.5 Å². The van der Waals surface area contributed by atoms with Crippen molar-refractivity contribution < 1.29 is 9.15 Å². The normalized spacial score (nSPS) is 20.8. The van der Waals surface area contributed by atoms with Crippen molar-refractivity contribution in [1.29, 1.82) is 0 Å². The minimum atomic E-state index is 0.305. The summed E-state index contributed by atoms with van der Waals surface area (Å²) in [6.45, 7) is 3.59. The molecule has 2 aromatic heterocycles. The minimum absolute atomic E-state index is 0.305. The first-order valence-electron chi connectivity index (χ1n) is 6.54. The van der Waals surface area contributed by atoms with Crippen LogP contribution in [0.5, 0.6) is 0 Å². The Kier molecular flexibility index (Phi) is 3.91. The molecular weight excluding hydrogens is 262 g/mol. The maximum absolute atomic E-state index is 5.64. The summed E-state index contributed by atoms with van der Waals surface area (Å²) in [5.74, 6) is 1.21. The maximum atomic E-state index is 5.64. The highest BCUT2D eigenvalue weighted by molar-refractivity contribution is 7.13. The summed E-state index contributed by atoms with van der Waals surface area (Å²) in [4.78, 5) is 1.01. The van der Waals surface area contributed by atoms with Crippen molar-refractivity contribution in [3.05, 3.63) is 23.4 Å². The van der Waals surface area contributed by atoms with Gasteiger partial charge in [0.15, 0.2) is 0 Å². The van der Waals surface area contributed by atoms with E-state index in [-0.39, 0.29) is 0 Å². The summed E-state index contributed by atoms with van der Waals surface area (Å²) < 4.78 is 11.3. The van der Waals surface area contributed by atoms with E-state index in [9.17, 15) is 0 Å². The zero-order valence-corrected chi connectivity index (χ0v) is 11.7. The van der Waals surface area contributed by atoms with E-state index < -0.39 is 0 Å². The molecule has 1 N–H and O–H groups in total. The highest BCUT2D eigenvalue weighted by atomic mass is 32.1. The van der Waals surface area contributed by atoms with Gasteiger partial charge in [0.25, 0.3) is 5.89 Å². The SMILES string of the molecule is C[C@@H](NCc1nnc(-c2cccs2)o1)[C@H]1CCCO1. The molecule has 1 saturated heterocycles. The summed E-state index contributed by atoms with van der Waals surface area (Å²) in [7, 11) is 0. The van der Waals surface area contributed by atoms with Crippen LogP contribution in [0.25, 0.3) is 10.8 Å². The zero-order chi connectivity index (χ0) is 13.1. The van der Waals surface area contributed by atoms with Gasteiger partial charge in [-0.15, -0.1) is 21.5 Å². The van der Waals surface area contributed by atoms with Crippen molar-refractivity contribution in [2.75, 3.05) is 6.61 Å². The highest BCUT2D eigenvalue weighted by Crippen LogP contribution is 2.23. The molecule has 102 valence electrons. The van der Waals surface area contributed by atoms with Gasteiger partial charge in [-0.25, -0.2) is 0 Å². The molecule has 0 aliphatic carbocycles. The zero-order valence-electron chi connectivity index (χ0n) is 10.8. The molecule has 1 aliphatic heterocycles. The number of nitrogens with zero attached hydrogens (tertiary/aromatic N) is 2. The predicted molar refractivity (Wildman–Crippen MR) is 72.9 cm³/mol. The molecule has 2 aromatic rings. The maximum Gasteiger partial charge on any atom is 0.257 e. The molecule has 2 atom stereocenters. The molecule has 3 heterocycles. The molecule has 0 amide bonds. The quantitative estimate of drug-likeness (QED) is 0.911. The lowest BCUT2D eigenvalue weighted by molar-refractivity contribution is 0.0824. The van der Waals surface area contributed by atoms with E-state index in [4.69, 9.17) is 9.15 Å². The van der Waals surface area contributed by atoms with Crippen LogP contribution in [0.3, 0.4) is 0 Å². The number of thiophene rings is 1. The van der Waals surface area contributed by atoms with Crippen LogP contribution in [-0.2, 0) is 11.3 Å². The van der Waals surface area contributed by atoms with E-state index in [2.05, 4.69) is 22.4 Å². The Hall–Kier alpha value is -1.24. The third kappa shape index (κ3) is 3.02. The van der Waals surface area contributed by atoms with E-state index in [1.165, 1.54) is 0 Å². The second-order valence-corrected chi connectivity index (χ2v) is 5.65. The molecule has 0 saturated carbocycles. The number of hydrogen-bond acceptors (Lipinski definition) is 6. The Labute approximate surface area is 116 Å². The van der Waals surface area contributed by atoms with Gasteiger partial charge in [-0.1, -0.05) is 6.07 Å². The fourth-order valence-electron chi connectivity index (χ4n) is 2.20. The largest absolute Gasteiger partial charge is 0.419 e. The summed E-state index contributed by atoms with van der Waals surface area (Å²) >= 11 is 1.60. The van der Waals surface area contributed by atoms with Crippen LogP contribution >= 0.6 is 11.3 Å². The molecule has 0 spiro atoms. The molecular formula is C13H17N3O2S. The first-order valence-corrected chi connectivity index (χ1v) is 7.42. The predicted octanol–water partition coefficient (Wildman–Crippen LogP) is 2.46. The standard InChI is InChI=1S/C13H17N3O2S/c1-9(10-4-2-6-17-10)14-8-12-15-16-13(18-12)11-5-3-7-19-11/h3,5,7,9-10,14H,2,4,6,8H2,1H3/t9-,10-/m1/s1. The van der Waals surface area contributed by atoms with Gasteiger partial charge in [0, 0.05) is 12.6 Å². The third-order valence-electron chi connectivity index (χ3n) is 3.30. The van der Waals surface area contributed by atoms with Gasteiger partial charge >= 0.3 is 0 Å². The van der Waals surface area contributed by atoms with Crippen LogP contribution < -0.4 is 5.32 Å². The van der Waals surface area contributed by atoms with Gasteiger partial charge in [-0.3, -0.25) is 0 Å². The van der Waals surface area contributed by atoms with Crippen molar-refractivity contribution in [1.82, 2.24) is 15.5 Å². The lowest BCUT2D eigenvalue weighted by atomic mass is 10.1. The van der Waals surface area contributed by atoms with Crippen molar-refractivity contribution >= 4 is 11.3 Å². The van der Waals surface area contributed by atoms with Gasteiger partial charge in [0.2, 0.25) is 5.89 Å². The summed E-state index contributed by atoms with van der Waals surface area (Å²) in [6.07, 6.45) is 2.58. The number of aromatic nitrogens is 2. The van der Waals surface area contributed by atoms with Gasteiger partial charge in [0.05, 0.1) is 17.5 Å². The Morgan fingerprint density at radius 3 is 3.21 bits per heavy atom. The summed E-state index contributed by atoms with van der Waals surface area (Å²) in [5, 5.41) is 13.5. The van der Waals surface area contributed by atoms with Crippen LogP contribution in [0.1, 0.15) is 25.7 Å². The van der Waals surface area contributed by atoms with Crippen molar-refractivity contribution in [3.63, 3.8) is 0 Å². The first kappa shape index (κ1) is 12.8. The smallest absolute Gasteiger partial charge is 0.257 e. The molecule has 0 radical (unpaired) electrons. The number of hydrogen-bond donors (Lipinski definition) is 1. The van der Waals surface area contributed by atoms with Gasteiger partial charge in [0.1, 0.15) is 0 Å². The number of rotatable bonds is 5. The average molecular weight is 279 g/mol. The second-order valence-electron chi connectivity index (χ2n) is 4.70. The van der Waals surface area contributed by atoms with Gasteiger partial charge in [-0.2, -0.15) is 0 Å². The lowest BCUT2D eigenvalue weighted by Gasteiger charge is -2.18. The van der Waals surface area contributed by atoms with Crippen LogP contribution in [0.2, 0.25) is 0 Å². The molecule has 19 heavy (non-hydrogen) atoms.